The van der Waals surface area contributed by atoms with Gasteiger partial charge in [-0.15, -0.1) is 11.3 Å². The van der Waals surface area contributed by atoms with E-state index in [-0.39, 0.29) is 0 Å². The zero-order valence-corrected chi connectivity index (χ0v) is 13.4. The van der Waals surface area contributed by atoms with E-state index >= 15 is 0 Å². The Morgan fingerprint density at radius 3 is 2.47 bits per heavy atom. The summed E-state index contributed by atoms with van der Waals surface area (Å²) >= 11 is 8.16. The molecule has 1 unspecified atom stereocenters. The van der Waals surface area contributed by atoms with Gasteiger partial charge in [-0.05, 0) is 43.7 Å². The van der Waals surface area contributed by atoms with Crippen LogP contribution >= 0.6 is 22.9 Å². The maximum absolute atomic E-state index is 6.34. The zero-order valence-electron chi connectivity index (χ0n) is 11.8. The van der Waals surface area contributed by atoms with Crippen LogP contribution in [0.5, 0.6) is 0 Å². The minimum absolute atomic E-state index is 0.406. The molecule has 0 fully saturated rings. The lowest BCUT2D eigenvalue weighted by molar-refractivity contribution is 0.449. The van der Waals surface area contributed by atoms with Gasteiger partial charge in [0.2, 0.25) is 0 Å². The van der Waals surface area contributed by atoms with Gasteiger partial charge in [0.05, 0.1) is 0 Å². The monoisotopic (exact) mass is 293 g/mol. The molecular formula is C16H20ClNS. The standard InChI is InChI=1S/C16H20ClNS/c1-10(2)16(18-4)15-8-7-14(19-15)12-6-5-11(3)9-13(12)17/h5-10,16,18H,1-4H3. The average Bonchev–Trinajstić information content (AvgIpc) is 2.78. The quantitative estimate of drug-likeness (QED) is 0.807. The van der Waals surface area contributed by atoms with Gasteiger partial charge in [-0.2, -0.15) is 0 Å². The first-order valence-electron chi connectivity index (χ1n) is 6.56. The highest BCUT2D eigenvalue weighted by Crippen LogP contribution is 2.37. The van der Waals surface area contributed by atoms with Crippen LogP contribution in [-0.2, 0) is 0 Å². The van der Waals surface area contributed by atoms with Crippen LogP contribution in [-0.4, -0.2) is 7.05 Å². The molecule has 0 bridgehead atoms. The molecule has 2 rings (SSSR count). The van der Waals surface area contributed by atoms with E-state index in [4.69, 9.17) is 11.6 Å². The van der Waals surface area contributed by atoms with E-state index in [1.54, 1.807) is 0 Å². The molecule has 0 amide bonds. The van der Waals surface area contributed by atoms with E-state index < -0.39 is 0 Å². The molecule has 0 radical (unpaired) electrons. The number of aryl methyl sites for hydroxylation is 1. The number of rotatable bonds is 4. The largest absolute Gasteiger partial charge is 0.312 e. The van der Waals surface area contributed by atoms with Crippen LogP contribution < -0.4 is 5.32 Å². The molecule has 1 atom stereocenters. The van der Waals surface area contributed by atoms with Gasteiger partial charge in [-0.3, -0.25) is 0 Å². The van der Waals surface area contributed by atoms with Crippen molar-refractivity contribution in [1.82, 2.24) is 5.32 Å². The van der Waals surface area contributed by atoms with Crippen molar-refractivity contribution in [2.45, 2.75) is 26.8 Å². The molecule has 1 aromatic carbocycles. The Labute approximate surface area is 124 Å². The molecule has 1 nitrogen and oxygen atoms in total. The second-order valence-electron chi connectivity index (χ2n) is 5.20. The molecule has 102 valence electrons. The fourth-order valence-electron chi connectivity index (χ4n) is 2.29. The Balaban J connectivity index is 2.35. The summed E-state index contributed by atoms with van der Waals surface area (Å²) in [6.07, 6.45) is 0. The summed E-state index contributed by atoms with van der Waals surface area (Å²) in [7, 11) is 2.02. The third kappa shape index (κ3) is 3.19. The molecular weight excluding hydrogens is 274 g/mol. The lowest BCUT2D eigenvalue weighted by atomic mass is 10.0. The van der Waals surface area contributed by atoms with Crippen molar-refractivity contribution in [3.63, 3.8) is 0 Å². The van der Waals surface area contributed by atoms with Gasteiger partial charge in [0.25, 0.3) is 0 Å². The molecule has 1 N–H and O–H groups in total. The predicted octanol–water partition coefficient (Wildman–Crippen LogP) is 5.29. The van der Waals surface area contributed by atoms with Crippen LogP contribution in [0, 0.1) is 12.8 Å². The van der Waals surface area contributed by atoms with Crippen molar-refractivity contribution in [1.29, 1.82) is 0 Å². The summed E-state index contributed by atoms with van der Waals surface area (Å²) in [6, 6.07) is 11.0. The molecule has 3 heteroatoms. The first-order chi connectivity index (χ1) is 9.02. The van der Waals surface area contributed by atoms with Gasteiger partial charge in [0.1, 0.15) is 0 Å². The fourth-order valence-corrected chi connectivity index (χ4v) is 4.01. The molecule has 0 aliphatic heterocycles. The van der Waals surface area contributed by atoms with Gasteiger partial charge < -0.3 is 5.32 Å². The summed E-state index contributed by atoms with van der Waals surface area (Å²) in [5.41, 5.74) is 2.32. The van der Waals surface area contributed by atoms with Crippen molar-refractivity contribution in [3.05, 3.63) is 45.8 Å². The second kappa shape index (κ2) is 6.08. The van der Waals surface area contributed by atoms with Crippen molar-refractivity contribution < 1.29 is 0 Å². The highest BCUT2D eigenvalue weighted by Gasteiger charge is 2.16. The topological polar surface area (TPSA) is 12.0 Å². The number of benzene rings is 1. The molecule has 19 heavy (non-hydrogen) atoms. The van der Waals surface area contributed by atoms with Crippen molar-refractivity contribution in [3.8, 4) is 10.4 Å². The van der Waals surface area contributed by atoms with Gasteiger partial charge in [0.15, 0.2) is 0 Å². The number of hydrogen-bond donors (Lipinski definition) is 1. The Bertz CT molecular complexity index is 560. The molecule has 1 heterocycles. The van der Waals surface area contributed by atoms with E-state index in [2.05, 4.69) is 50.4 Å². The SMILES string of the molecule is CNC(c1ccc(-c2ccc(C)cc2Cl)s1)C(C)C. The molecule has 1 aromatic heterocycles. The van der Waals surface area contributed by atoms with Gasteiger partial charge in [-0.25, -0.2) is 0 Å². The number of thiophene rings is 1. The number of hydrogen-bond acceptors (Lipinski definition) is 2. The third-order valence-corrected chi connectivity index (χ3v) is 4.82. The third-order valence-electron chi connectivity index (χ3n) is 3.30. The zero-order chi connectivity index (χ0) is 14.0. The van der Waals surface area contributed by atoms with E-state index in [0.717, 1.165) is 10.6 Å². The smallest absolute Gasteiger partial charge is 0.0495 e. The van der Waals surface area contributed by atoms with Crippen molar-refractivity contribution in [2.24, 2.45) is 5.92 Å². The minimum Gasteiger partial charge on any atom is -0.312 e. The van der Waals surface area contributed by atoms with Crippen LogP contribution in [0.25, 0.3) is 10.4 Å². The molecule has 0 saturated carbocycles. The van der Waals surface area contributed by atoms with E-state index in [9.17, 15) is 0 Å². The summed E-state index contributed by atoms with van der Waals surface area (Å²) in [5, 5.41) is 4.22. The summed E-state index contributed by atoms with van der Waals surface area (Å²) in [4.78, 5) is 2.60. The van der Waals surface area contributed by atoms with Crippen molar-refractivity contribution >= 4 is 22.9 Å². The van der Waals surface area contributed by atoms with Crippen molar-refractivity contribution in [2.75, 3.05) is 7.05 Å². The van der Waals surface area contributed by atoms with E-state index in [1.165, 1.54) is 15.3 Å². The first kappa shape index (κ1) is 14.6. The summed E-state index contributed by atoms with van der Waals surface area (Å²) in [6.45, 7) is 6.53. The Kier molecular flexibility index (Phi) is 4.67. The van der Waals surface area contributed by atoms with Gasteiger partial charge in [-0.1, -0.05) is 37.6 Å². The Morgan fingerprint density at radius 2 is 1.89 bits per heavy atom. The highest BCUT2D eigenvalue weighted by atomic mass is 35.5. The Hall–Kier alpha value is -0.830. The molecule has 0 aliphatic carbocycles. The minimum atomic E-state index is 0.406. The first-order valence-corrected chi connectivity index (χ1v) is 7.76. The number of halogens is 1. The van der Waals surface area contributed by atoms with Gasteiger partial charge >= 0.3 is 0 Å². The summed E-state index contributed by atoms with van der Waals surface area (Å²) < 4.78 is 0. The molecule has 0 aliphatic rings. The molecule has 0 spiro atoms. The predicted molar refractivity (Wildman–Crippen MR) is 86.1 cm³/mol. The van der Waals surface area contributed by atoms with Gasteiger partial charge in [0, 0.05) is 26.4 Å². The van der Waals surface area contributed by atoms with Crippen LogP contribution in [0.2, 0.25) is 5.02 Å². The summed E-state index contributed by atoms with van der Waals surface area (Å²) in [5.74, 6) is 0.574. The normalized spacial score (nSPS) is 12.9. The second-order valence-corrected chi connectivity index (χ2v) is 6.72. The molecule has 2 aromatic rings. The Morgan fingerprint density at radius 1 is 1.16 bits per heavy atom. The van der Waals surface area contributed by atoms with Crippen LogP contribution in [0.3, 0.4) is 0 Å². The molecule has 0 saturated heterocycles. The van der Waals surface area contributed by atoms with E-state index in [1.807, 2.05) is 24.5 Å². The van der Waals surface area contributed by atoms with Crippen LogP contribution in [0.4, 0.5) is 0 Å². The lowest BCUT2D eigenvalue weighted by Crippen LogP contribution is -2.20. The maximum atomic E-state index is 6.34. The fraction of sp³-hybridized carbons (Fsp3) is 0.375. The van der Waals surface area contributed by atoms with E-state index in [0.29, 0.717) is 12.0 Å². The average molecular weight is 294 g/mol. The number of nitrogens with one attached hydrogen (secondary N) is 1. The highest BCUT2D eigenvalue weighted by molar-refractivity contribution is 7.15. The maximum Gasteiger partial charge on any atom is 0.0495 e. The van der Waals surface area contributed by atoms with Crippen LogP contribution in [0.1, 0.15) is 30.3 Å². The van der Waals surface area contributed by atoms with Crippen LogP contribution in [0.15, 0.2) is 30.3 Å². The lowest BCUT2D eigenvalue weighted by Gasteiger charge is -2.18.